The van der Waals surface area contributed by atoms with Crippen molar-refractivity contribution in [3.05, 3.63) is 79.3 Å². The highest BCUT2D eigenvalue weighted by Crippen LogP contribution is 2.21. The van der Waals surface area contributed by atoms with Gasteiger partial charge in [-0.15, -0.1) is 0 Å². The number of H-pyrrole nitrogens is 1. The molecule has 3 rings (SSSR count). The quantitative estimate of drug-likeness (QED) is 0.337. The highest BCUT2D eigenvalue weighted by atomic mass is 127. The van der Waals surface area contributed by atoms with Crippen LogP contribution in [0.1, 0.15) is 21.6 Å². The van der Waals surface area contributed by atoms with Gasteiger partial charge >= 0.3 is 0 Å². The Morgan fingerprint density at radius 2 is 2.00 bits per heavy atom. The first-order chi connectivity index (χ1) is 13.0. The lowest BCUT2D eigenvalue weighted by atomic mass is 10.2. The number of amides is 1. The van der Waals surface area contributed by atoms with Gasteiger partial charge in [0, 0.05) is 11.3 Å². The predicted octanol–water partition coefficient (Wildman–Crippen LogP) is 2.85. The standard InChI is InChI=1S/C19H17IN4O3/c1-12-15(19(26)24(23-12)14-6-4-3-5-7-14)11-21-22-18(25)13-8-9-16(20)17(10-13)27-2/h3-11,23H,1-2H3,(H,22,25). The number of carbonyl (C=O) groups is 1. The molecular weight excluding hydrogens is 459 g/mol. The number of benzene rings is 2. The van der Waals surface area contributed by atoms with E-state index in [0.29, 0.717) is 22.6 Å². The van der Waals surface area contributed by atoms with Gasteiger partial charge in [0.25, 0.3) is 11.5 Å². The number of halogens is 1. The lowest BCUT2D eigenvalue weighted by Crippen LogP contribution is -2.20. The highest BCUT2D eigenvalue weighted by Gasteiger charge is 2.11. The van der Waals surface area contributed by atoms with Gasteiger partial charge in [0.1, 0.15) is 5.75 Å². The van der Waals surface area contributed by atoms with Crippen LogP contribution in [0.15, 0.2) is 58.4 Å². The van der Waals surface area contributed by atoms with Crippen LogP contribution in [0.5, 0.6) is 5.75 Å². The Balaban J connectivity index is 1.78. The number of aromatic amines is 1. The number of aryl methyl sites for hydroxylation is 1. The topological polar surface area (TPSA) is 88.5 Å². The normalized spacial score (nSPS) is 10.9. The molecule has 2 N–H and O–H groups in total. The van der Waals surface area contributed by atoms with Crippen LogP contribution in [0.3, 0.4) is 0 Å². The number of hydrazone groups is 1. The summed E-state index contributed by atoms with van der Waals surface area (Å²) in [6, 6.07) is 14.3. The lowest BCUT2D eigenvalue weighted by Gasteiger charge is -2.05. The van der Waals surface area contributed by atoms with Crippen molar-refractivity contribution in [2.45, 2.75) is 6.92 Å². The monoisotopic (exact) mass is 476 g/mol. The van der Waals surface area contributed by atoms with Crippen molar-refractivity contribution < 1.29 is 9.53 Å². The number of ether oxygens (including phenoxy) is 1. The zero-order valence-electron chi connectivity index (χ0n) is 14.7. The van der Waals surface area contributed by atoms with Crippen LogP contribution in [0, 0.1) is 10.5 Å². The Kier molecular flexibility index (Phi) is 5.75. The maximum absolute atomic E-state index is 12.6. The van der Waals surface area contributed by atoms with Crippen LogP contribution < -0.4 is 15.7 Å². The van der Waals surface area contributed by atoms with Gasteiger partial charge in [-0.05, 0) is 59.8 Å². The van der Waals surface area contributed by atoms with Crippen LogP contribution >= 0.6 is 22.6 Å². The Labute approximate surface area is 169 Å². The fraction of sp³-hybridized carbons (Fsp3) is 0.105. The summed E-state index contributed by atoms with van der Waals surface area (Å²) in [7, 11) is 1.55. The molecule has 0 fully saturated rings. The number of rotatable bonds is 5. The molecule has 0 aliphatic rings. The zero-order chi connectivity index (χ0) is 19.4. The molecule has 0 aliphatic carbocycles. The molecule has 0 aliphatic heterocycles. The fourth-order valence-electron chi connectivity index (χ4n) is 2.49. The molecule has 0 radical (unpaired) electrons. The van der Waals surface area contributed by atoms with Gasteiger partial charge in [-0.1, -0.05) is 18.2 Å². The molecule has 8 heteroatoms. The van der Waals surface area contributed by atoms with Gasteiger partial charge in [0.05, 0.1) is 28.1 Å². The summed E-state index contributed by atoms with van der Waals surface area (Å²) >= 11 is 2.12. The van der Waals surface area contributed by atoms with Gasteiger partial charge < -0.3 is 4.74 Å². The van der Waals surface area contributed by atoms with Gasteiger partial charge in [0.15, 0.2) is 0 Å². The summed E-state index contributed by atoms with van der Waals surface area (Å²) in [4.78, 5) is 24.8. The molecule has 7 nitrogen and oxygen atoms in total. The number of aromatic nitrogens is 2. The van der Waals surface area contributed by atoms with E-state index >= 15 is 0 Å². The molecule has 1 amide bonds. The molecule has 3 aromatic rings. The number of nitrogens with zero attached hydrogens (tertiary/aromatic N) is 2. The van der Waals surface area contributed by atoms with E-state index in [1.165, 1.54) is 10.9 Å². The molecular formula is C19H17IN4O3. The number of hydrogen-bond acceptors (Lipinski definition) is 4. The largest absolute Gasteiger partial charge is 0.496 e. The highest BCUT2D eigenvalue weighted by molar-refractivity contribution is 14.1. The van der Waals surface area contributed by atoms with Crippen molar-refractivity contribution in [1.29, 1.82) is 0 Å². The van der Waals surface area contributed by atoms with Gasteiger partial charge in [-0.25, -0.2) is 10.1 Å². The number of para-hydroxylation sites is 1. The van der Waals surface area contributed by atoms with Crippen molar-refractivity contribution in [2.75, 3.05) is 7.11 Å². The summed E-state index contributed by atoms with van der Waals surface area (Å²) < 4.78 is 7.55. The van der Waals surface area contributed by atoms with E-state index in [1.807, 2.05) is 30.3 Å². The Hall–Kier alpha value is -2.88. The Morgan fingerprint density at radius 3 is 2.70 bits per heavy atom. The number of carbonyl (C=O) groups excluding carboxylic acids is 1. The molecule has 1 aromatic heterocycles. The summed E-state index contributed by atoms with van der Waals surface area (Å²) in [6.07, 6.45) is 1.34. The van der Waals surface area contributed by atoms with E-state index in [4.69, 9.17) is 4.74 Å². The first kappa shape index (κ1) is 18.9. The zero-order valence-corrected chi connectivity index (χ0v) is 16.9. The van der Waals surface area contributed by atoms with Crippen molar-refractivity contribution in [3.63, 3.8) is 0 Å². The minimum absolute atomic E-state index is 0.243. The SMILES string of the molecule is COc1cc(C(=O)NN=Cc2c(C)[nH]n(-c3ccccc3)c2=O)ccc1I. The molecule has 0 spiro atoms. The molecule has 0 atom stereocenters. The summed E-state index contributed by atoms with van der Waals surface area (Å²) in [5, 5.41) is 6.93. The van der Waals surface area contributed by atoms with Crippen molar-refractivity contribution >= 4 is 34.7 Å². The summed E-state index contributed by atoms with van der Waals surface area (Å²) in [5.41, 5.74) is 4.35. The maximum atomic E-state index is 12.6. The number of methoxy groups -OCH3 is 1. The van der Waals surface area contributed by atoms with Crippen LogP contribution in [-0.4, -0.2) is 29.0 Å². The van der Waals surface area contributed by atoms with Gasteiger partial charge in [-0.2, -0.15) is 5.10 Å². The summed E-state index contributed by atoms with van der Waals surface area (Å²) in [5.74, 6) is 0.219. The Bertz CT molecular complexity index is 1050. The first-order valence-corrected chi connectivity index (χ1v) is 9.13. The second kappa shape index (κ2) is 8.21. The third-order valence-corrected chi connectivity index (χ3v) is 4.80. The molecule has 0 bridgehead atoms. The van der Waals surface area contributed by atoms with Crippen LogP contribution in [0.2, 0.25) is 0 Å². The first-order valence-electron chi connectivity index (χ1n) is 8.05. The van der Waals surface area contributed by atoms with Crippen molar-refractivity contribution in [2.24, 2.45) is 5.10 Å². The van der Waals surface area contributed by atoms with Gasteiger partial charge in [0.2, 0.25) is 0 Å². The molecule has 27 heavy (non-hydrogen) atoms. The van der Waals surface area contributed by atoms with E-state index in [1.54, 1.807) is 32.2 Å². The summed E-state index contributed by atoms with van der Waals surface area (Å²) in [6.45, 7) is 1.77. The Morgan fingerprint density at radius 1 is 1.26 bits per heavy atom. The molecule has 0 saturated carbocycles. The van der Waals surface area contributed by atoms with Crippen LogP contribution in [0.4, 0.5) is 0 Å². The molecule has 0 unspecified atom stereocenters. The van der Waals surface area contributed by atoms with E-state index in [0.717, 1.165) is 9.26 Å². The lowest BCUT2D eigenvalue weighted by molar-refractivity contribution is 0.0954. The van der Waals surface area contributed by atoms with Gasteiger partial charge in [-0.3, -0.25) is 14.7 Å². The van der Waals surface area contributed by atoms with E-state index in [-0.39, 0.29) is 5.56 Å². The van der Waals surface area contributed by atoms with E-state index in [9.17, 15) is 9.59 Å². The molecule has 0 saturated heterocycles. The van der Waals surface area contributed by atoms with E-state index in [2.05, 4.69) is 38.2 Å². The van der Waals surface area contributed by atoms with Crippen LogP contribution in [0.25, 0.3) is 5.69 Å². The second-order valence-electron chi connectivity index (χ2n) is 5.68. The smallest absolute Gasteiger partial charge is 0.280 e. The third kappa shape index (κ3) is 4.11. The third-order valence-electron chi connectivity index (χ3n) is 3.90. The fourth-order valence-corrected chi connectivity index (χ4v) is 3.05. The number of nitrogens with one attached hydrogen (secondary N) is 2. The van der Waals surface area contributed by atoms with Crippen LogP contribution in [-0.2, 0) is 0 Å². The van der Waals surface area contributed by atoms with Crippen molar-refractivity contribution in [3.8, 4) is 11.4 Å². The van der Waals surface area contributed by atoms with Crippen molar-refractivity contribution in [1.82, 2.24) is 15.2 Å². The molecule has 2 aromatic carbocycles. The van der Waals surface area contributed by atoms with E-state index < -0.39 is 5.91 Å². The average molecular weight is 476 g/mol. The maximum Gasteiger partial charge on any atom is 0.280 e. The minimum Gasteiger partial charge on any atom is -0.496 e. The minimum atomic E-state index is -0.391. The predicted molar refractivity (Wildman–Crippen MR) is 112 cm³/mol. The average Bonchev–Trinajstić information content (AvgIpc) is 2.97. The molecule has 1 heterocycles. The molecule has 138 valence electrons. The number of hydrogen-bond donors (Lipinski definition) is 2. The second-order valence-corrected chi connectivity index (χ2v) is 6.84.